The van der Waals surface area contributed by atoms with Crippen molar-refractivity contribution >= 4 is 11.8 Å². The molecule has 0 spiro atoms. The fourth-order valence-corrected chi connectivity index (χ4v) is 3.26. The van der Waals surface area contributed by atoms with Gasteiger partial charge in [0.15, 0.2) is 0 Å². The van der Waals surface area contributed by atoms with Gasteiger partial charge in [-0.15, -0.1) is 0 Å². The van der Waals surface area contributed by atoms with Gasteiger partial charge in [-0.1, -0.05) is 31.2 Å². The quantitative estimate of drug-likeness (QED) is 0.838. The van der Waals surface area contributed by atoms with Crippen molar-refractivity contribution in [2.45, 2.75) is 38.8 Å². The number of hydrogen-bond acceptors (Lipinski definition) is 2. The zero-order valence-corrected chi connectivity index (χ0v) is 11.8. The van der Waals surface area contributed by atoms with Crippen molar-refractivity contribution in [1.29, 1.82) is 0 Å². The zero-order valence-electron chi connectivity index (χ0n) is 11.8. The second-order valence-electron chi connectivity index (χ2n) is 5.56. The first-order valence-electron chi connectivity index (χ1n) is 7.35. The Bertz CT molecular complexity index is 541. The molecule has 2 amide bonds. The van der Waals surface area contributed by atoms with Crippen molar-refractivity contribution in [3.8, 4) is 0 Å². The maximum atomic E-state index is 12.5. The number of fused-ring (bicyclic) bond motifs is 1. The van der Waals surface area contributed by atoms with Gasteiger partial charge in [0.25, 0.3) is 0 Å². The molecule has 0 bridgehead atoms. The summed E-state index contributed by atoms with van der Waals surface area (Å²) in [5, 5.41) is 0. The Hall–Kier alpha value is -1.84. The largest absolute Gasteiger partial charge is 0.329 e. The number of benzene rings is 1. The van der Waals surface area contributed by atoms with Crippen molar-refractivity contribution in [2.75, 3.05) is 13.1 Å². The van der Waals surface area contributed by atoms with E-state index in [1.165, 1.54) is 5.56 Å². The lowest BCUT2D eigenvalue weighted by Crippen LogP contribution is -2.56. The fourth-order valence-electron chi connectivity index (χ4n) is 3.26. The van der Waals surface area contributed by atoms with Gasteiger partial charge in [0.05, 0.1) is 0 Å². The summed E-state index contributed by atoms with van der Waals surface area (Å²) in [5.74, 6) is 0.217. The summed E-state index contributed by atoms with van der Waals surface area (Å²) >= 11 is 0. The summed E-state index contributed by atoms with van der Waals surface area (Å²) in [6.45, 7) is 3.64. The van der Waals surface area contributed by atoms with E-state index < -0.39 is 0 Å². The van der Waals surface area contributed by atoms with E-state index in [0.29, 0.717) is 6.54 Å². The Morgan fingerprint density at radius 1 is 1.20 bits per heavy atom. The molecule has 4 nitrogen and oxygen atoms in total. The van der Waals surface area contributed by atoms with Gasteiger partial charge in [-0.2, -0.15) is 0 Å². The highest BCUT2D eigenvalue weighted by Crippen LogP contribution is 2.25. The number of hydrogen-bond donors (Lipinski definition) is 0. The normalized spacial score (nSPS) is 22.4. The molecular weight excluding hydrogens is 252 g/mol. The van der Waals surface area contributed by atoms with E-state index in [0.717, 1.165) is 31.4 Å². The Morgan fingerprint density at radius 2 is 1.95 bits per heavy atom. The number of piperazine rings is 1. The average Bonchev–Trinajstić information content (AvgIpc) is 2.95. The number of aryl methyl sites for hydroxylation is 1. The molecule has 2 heterocycles. The molecule has 1 unspecified atom stereocenters. The molecule has 0 aromatic heterocycles. The number of carbonyl (C=O) groups excluding carboxylic acids is 2. The molecule has 1 aromatic carbocycles. The number of rotatable bonds is 3. The van der Waals surface area contributed by atoms with Gasteiger partial charge in [0, 0.05) is 13.1 Å². The van der Waals surface area contributed by atoms with Crippen LogP contribution >= 0.6 is 0 Å². The van der Waals surface area contributed by atoms with Gasteiger partial charge >= 0.3 is 0 Å². The maximum absolute atomic E-state index is 12.5. The third-order valence-electron chi connectivity index (χ3n) is 4.36. The number of amides is 2. The van der Waals surface area contributed by atoms with Crippen LogP contribution in [0.5, 0.6) is 0 Å². The lowest BCUT2D eigenvalue weighted by Gasteiger charge is -2.36. The summed E-state index contributed by atoms with van der Waals surface area (Å²) in [4.78, 5) is 28.1. The molecule has 4 heteroatoms. The number of nitrogens with zero attached hydrogens (tertiary/aromatic N) is 2. The highest BCUT2D eigenvalue weighted by atomic mass is 16.2. The summed E-state index contributed by atoms with van der Waals surface area (Å²) in [5.41, 5.74) is 2.41. The van der Waals surface area contributed by atoms with Gasteiger partial charge in [-0.05, 0) is 30.4 Å². The van der Waals surface area contributed by atoms with Crippen LogP contribution in [0.3, 0.4) is 0 Å². The lowest BCUT2D eigenvalue weighted by molar-refractivity contribution is -0.154. The van der Waals surface area contributed by atoms with Crippen LogP contribution in [0.15, 0.2) is 24.3 Å². The SMILES string of the molecule is CCc1ccccc1CN1CC(=O)N2CCCC2C1=O. The standard InChI is InChI=1S/C16H20N2O2/c1-2-12-6-3-4-7-13(12)10-17-11-15(19)18-9-5-8-14(18)16(17)20/h3-4,6-7,14H,2,5,8-11H2,1H3. The van der Waals surface area contributed by atoms with Crippen LogP contribution < -0.4 is 0 Å². The first kappa shape index (κ1) is 13.2. The molecule has 0 aliphatic carbocycles. The molecule has 0 radical (unpaired) electrons. The van der Waals surface area contributed by atoms with Gasteiger partial charge < -0.3 is 9.80 Å². The third kappa shape index (κ3) is 2.19. The molecule has 1 aromatic rings. The Kier molecular flexibility index (Phi) is 3.47. The van der Waals surface area contributed by atoms with Crippen LogP contribution in [-0.4, -0.2) is 40.7 Å². The maximum Gasteiger partial charge on any atom is 0.246 e. The summed E-state index contributed by atoms with van der Waals surface area (Å²) in [6.07, 6.45) is 2.71. The molecule has 2 aliphatic rings. The first-order valence-corrected chi connectivity index (χ1v) is 7.35. The van der Waals surface area contributed by atoms with E-state index in [9.17, 15) is 9.59 Å². The minimum absolute atomic E-state index is 0.0982. The third-order valence-corrected chi connectivity index (χ3v) is 4.36. The minimum atomic E-state index is -0.204. The summed E-state index contributed by atoms with van der Waals surface area (Å²) in [7, 11) is 0. The number of carbonyl (C=O) groups is 2. The van der Waals surface area contributed by atoms with Crippen LogP contribution in [0, 0.1) is 0 Å². The van der Waals surface area contributed by atoms with Crippen molar-refractivity contribution in [3.63, 3.8) is 0 Å². The van der Waals surface area contributed by atoms with E-state index in [-0.39, 0.29) is 24.4 Å². The molecule has 0 saturated carbocycles. The second kappa shape index (κ2) is 5.27. The molecule has 2 aliphatic heterocycles. The summed E-state index contributed by atoms with van der Waals surface area (Å²) in [6, 6.07) is 7.95. The zero-order chi connectivity index (χ0) is 14.1. The highest BCUT2D eigenvalue weighted by molar-refractivity contribution is 5.95. The van der Waals surface area contributed by atoms with Gasteiger partial charge in [-0.3, -0.25) is 9.59 Å². The smallest absolute Gasteiger partial charge is 0.246 e. The van der Waals surface area contributed by atoms with Crippen LogP contribution in [-0.2, 0) is 22.6 Å². The van der Waals surface area contributed by atoms with Crippen LogP contribution in [0.25, 0.3) is 0 Å². The fraction of sp³-hybridized carbons (Fsp3) is 0.500. The van der Waals surface area contributed by atoms with Crippen molar-refractivity contribution in [3.05, 3.63) is 35.4 Å². The molecule has 20 heavy (non-hydrogen) atoms. The second-order valence-corrected chi connectivity index (χ2v) is 5.56. The van der Waals surface area contributed by atoms with Crippen LogP contribution in [0.1, 0.15) is 30.9 Å². The predicted octanol–water partition coefficient (Wildman–Crippen LogP) is 1.58. The Balaban J connectivity index is 1.80. The van der Waals surface area contributed by atoms with E-state index in [1.807, 2.05) is 12.1 Å². The topological polar surface area (TPSA) is 40.6 Å². The van der Waals surface area contributed by atoms with E-state index in [1.54, 1.807) is 9.80 Å². The van der Waals surface area contributed by atoms with Crippen molar-refractivity contribution in [2.24, 2.45) is 0 Å². The molecule has 2 saturated heterocycles. The molecule has 0 N–H and O–H groups in total. The van der Waals surface area contributed by atoms with Gasteiger partial charge in [0.1, 0.15) is 12.6 Å². The first-order chi connectivity index (χ1) is 9.70. The van der Waals surface area contributed by atoms with E-state index >= 15 is 0 Å². The average molecular weight is 272 g/mol. The van der Waals surface area contributed by atoms with Crippen LogP contribution in [0.4, 0.5) is 0 Å². The van der Waals surface area contributed by atoms with E-state index in [4.69, 9.17) is 0 Å². The lowest BCUT2D eigenvalue weighted by atomic mass is 10.0. The highest BCUT2D eigenvalue weighted by Gasteiger charge is 2.41. The predicted molar refractivity (Wildman–Crippen MR) is 76.0 cm³/mol. The molecular formula is C16H20N2O2. The molecule has 3 rings (SSSR count). The Labute approximate surface area is 119 Å². The monoisotopic (exact) mass is 272 g/mol. The van der Waals surface area contributed by atoms with Crippen molar-refractivity contribution < 1.29 is 9.59 Å². The Morgan fingerprint density at radius 3 is 2.70 bits per heavy atom. The van der Waals surface area contributed by atoms with Crippen LogP contribution in [0.2, 0.25) is 0 Å². The van der Waals surface area contributed by atoms with Crippen molar-refractivity contribution in [1.82, 2.24) is 9.80 Å². The molecule has 2 fully saturated rings. The molecule has 106 valence electrons. The molecule has 1 atom stereocenters. The minimum Gasteiger partial charge on any atom is -0.329 e. The van der Waals surface area contributed by atoms with Gasteiger partial charge in [-0.25, -0.2) is 0 Å². The van der Waals surface area contributed by atoms with Gasteiger partial charge in [0.2, 0.25) is 11.8 Å². The van der Waals surface area contributed by atoms with E-state index in [2.05, 4.69) is 19.1 Å². The summed E-state index contributed by atoms with van der Waals surface area (Å²) < 4.78 is 0.